The molecule has 0 N–H and O–H groups in total. The Labute approximate surface area is 77.4 Å². The fraction of sp³-hybridized carbons (Fsp3) is 1.00. The summed E-state index contributed by atoms with van der Waals surface area (Å²) in [6, 6.07) is 0. The van der Waals surface area contributed by atoms with Crippen molar-refractivity contribution in [3.05, 3.63) is 0 Å². The van der Waals surface area contributed by atoms with Crippen LogP contribution in [0.1, 0.15) is 33.6 Å². The first kappa shape index (κ1) is 10.0. The molecule has 1 saturated heterocycles. The van der Waals surface area contributed by atoms with Gasteiger partial charge in [0.25, 0.3) is 0 Å². The fourth-order valence-electron chi connectivity index (χ4n) is 3.14. The molecule has 0 aromatic heterocycles. The molecule has 2 unspecified atom stereocenters. The lowest BCUT2D eigenvalue weighted by atomic mass is 9.90. The van der Waals surface area contributed by atoms with Crippen LogP contribution in [0.3, 0.4) is 0 Å². The highest BCUT2D eigenvalue weighted by Gasteiger charge is 2.31. The molecule has 0 bridgehead atoms. The second kappa shape index (κ2) is 3.78. The average molecular weight is 170 g/mol. The number of likely N-dealkylation sites (tertiary alicyclic amines) is 1. The van der Waals surface area contributed by atoms with E-state index < -0.39 is 0 Å². The number of hydrogen-bond donors (Lipinski definition) is 0. The molecular formula is C11H24N+. The molecule has 0 aliphatic carbocycles. The monoisotopic (exact) mass is 170 g/mol. The van der Waals surface area contributed by atoms with Gasteiger partial charge < -0.3 is 4.48 Å². The average Bonchev–Trinajstić information content (AvgIpc) is 1.82. The van der Waals surface area contributed by atoms with E-state index in [0.29, 0.717) is 0 Å². The zero-order chi connectivity index (χ0) is 9.19. The first-order valence-electron chi connectivity index (χ1n) is 5.39. The highest BCUT2D eigenvalue weighted by molar-refractivity contribution is 4.65. The van der Waals surface area contributed by atoms with Gasteiger partial charge in [-0.25, -0.2) is 0 Å². The van der Waals surface area contributed by atoms with Crippen LogP contribution in [0.4, 0.5) is 0 Å². The van der Waals surface area contributed by atoms with Crippen molar-refractivity contribution < 1.29 is 4.48 Å². The zero-order valence-corrected chi connectivity index (χ0v) is 9.14. The van der Waals surface area contributed by atoms with E-state index in [-0.39, 0.29) is 0 Å². The van der Waals surface area contributed by atoms with Gasteiger partial charge in [-0.1, -0.05) is 20.8 Å². The van der Waals surface area contributed by atoms with Gasteiger partial charge in [0.05, 0.1) is 26.7 Å². The maximum atomic E-state index is 2.43. The third-order valence-electron chi connectivity index (χ3n) is 3.07. The second-order valence-electron chi connectivity index (χ2n) is 5.15. The van der Waals surface area contributed by atoms with Crippen molar-refractivity contribution in [3.63, 3.8) is 0 Å². The zero-order valence-electron chi connectivity index (χ0n) is 9.14. The van der Waals surface area contributed by atoms with Crippen LogP contribution >= 0.6 is 0 Å². The van der Waals surface area contributed by atoms with Crippen molar-refractivity contribution in [2.45, 2.75) is 33.6 Å². The summed E-state index contributed by atoms with van der Waals surface area (Å²) in [5, 5.41) is 0. The Morgan fingerprint density at radius 2 is 1.67 bits per heavy atom. The highest BCUT2D eigenvalue weighted by atomic mass is 15.3. The summed E-state index contributed by atoms with van der Waals surface area (Å²) < 4.78 is 1.32. The number of hydrogen-bond acceptors (Lipinski definition) is 0. The van der Waals surface area contributed by atoms with Crippen LogP contribution in [0.25, 0.3) is 0 Å². The van der Waals surface area contributed by atoms with Crippen LogP contribution in [0.2, 0.25) is 0 Å². The quantitative estimate of drug-likeness (QED) is 0.559. The van der Waals surface area contributed by atoms with Gasteiger partial charge in [0.1, 0.15) is 0 Å². The lowest BCUT2D eigenvalue weighted by molar-refractivity contribution is -0.920. The Kier molecular flexibility index (Phi) is 3.16. The normalized spacial score (nSPS) is 43.0. The predicted molar refractivity (Wildman–Crippen MR) is 54.0 cm³/mol. The van der Waals surface area contributed by atoms with Crippen LogP contribution in [-0.4, -0.2) is 31.2 Å². The van der Waals surface area contributed by atoms with Gasteiger partial charge in [-0.15, -0.1) is 0 Å². The first-order valence-corrected chi connectivity index (χ1v) is 5.39. The maximum Gasteiger partial charge on any atom is 0.0810 e. The molecular weight excluding hydrogens is 146 g/mol. The van der Waals surface area contributed by atoms with E-state index >= 15 is 0 Å². The first-order chi connectivity index (χ1) is 5.56. The Bertz CT molecular complexity index is 132. The topological polar surface area (TPSA) is 0 Å². The van der Waals surface area contributed by atoms with Gasteiger partial charge in [0, 0.05) is 11.8 Å². The van der Waals surface area contributed by atoms with E-state index in [1.807, 2.05) is 0 Å². The summed E-state index contributed by atoms with van der Waals surface area (Å²) in [7, 11) is 2.43. The molecule has 1 heterocycles. The molecule has 0 aromatic carbocycles. The molecule has 72 valence electrons. The molecule has 12 heavy (non-hydrogen) atoms. The van der Waals surface area contributed by atoms with Crippen LogP contribution < -0.4 is 0 Å². The third-order valence-corrected chi connectivity index (χ3v) is 3.07. The summed E-state index contributed by atoms with van der Waals surface area (Å²) in [6.07, 6.45) is 2.77. The van der Waals surface area contributed by atoms with E-state index in [0.717, 1.165) is 11.8 Å². The van der Waals surface area contributed by atoms with Gasteiger partial charge in [0.15, 0.2) is 0 Å². The van der Waals surface area contributed by atoms with Crippen LogP contribution in [0.15, 0.2) is 0 Å². The van der Waals surface area contributed by atoms with Gasteiger partial charge in [-0.05, 0) is 12.8 Å². The lowest BCUT2D eigenvalue weighted by Crippen LogP contribution is -2.53. The summed E-state index contributed by atoms with van der Waals surface area (Å²) in [5.41, 5.74) is 0. The molecule has 1 fully saturated rings. The SMILES string of the molecule is CCC[N+]1(C)CC(C)CC(C)C1. The molecule has 0 amide bonds. The number of quaternary nitrogens is 1. The number of nitrogens with zero attached hydrogens (tertiary/aromatic N) is 1. The largest absolute Gasteiger partial charge is 0.326 e. The minimum atomic E-state index is 0.935. The van der Waals surface area contributed by atoms with Crippen LogP contribution in [-0.2, 0) is 0 Å². The standard InChI is InChI=1S/C11H24N/c1-5-6-12(4)8-10(2)7-11(3)9-12/h10-11H,5-9H2,1-4H3/q+1. The van der Waals surface area contributed by atoms with E-state index in [1.54, 1.807) is 0 Å². The van der Waals surface area contributed by atoms with E-state index in [1.165, 1.54) is 37.0 Å². The van der Waals surface area contributed by atoms with Crippen LogP contribution in [0.5, 0.6) is 0 Å². The lowest BCUT2D eigenvalue weighted by Gasteiger charge is -2.43. The molecule has 1 nitrogen and oxygen atoms in total. The minimum absolute atomic E-state index is 0.935. The highest BCUT2D eigenvalue weighted by Crippen LogP contribution is 2.25. The van der Waals surface area contributed by atoms with Crippen molar-refractivity contribution in [1.29, 1.82) is 0 Å². The number of rotatable bonds is 2. The van der Waals surface area contributed by atoms with Crippen molar-refractivity contribution in [3.8, 4) is 0 Å². The van der Waals surface area contributed by atoms with Crippen molar-refractivity contribution in [2.24, 2.45) is 11.8 Å². The second-order valence-corrected chi connectivity index (χ2v) is 5.15. The Hall–Kier alpha value is -0.0400. The molecule has 0 aromatic rings. The molecule has 0 spiro atoms. The summed E-state index contributed by atoms with van der Waals surface area (Å²) in [4.78, 5) is 0. The molecule has 0 radical (unpaired) electrons. The Morgan fingerprint density at radius 1 is 1.17 bits per heavy atom. The summed E-state index contributed by atoms with van der Waals surface area (Å²) >= 11 is 0. The van der Waals surface area contributed by atoms with Crippen molar-refractivity contribution in [1.82, 2.24) is 0 Å². The van der Waals surface area contributed by atoms with E-state index in [4.69, 9.17) is 0 Å². The minimum Gasteiger partial charge on any atom is -0.326 e. The van der Waals surface area contributed by atoms with Crippen molar-refractivity contribution >= 4 is 0 Å². The van der Waals surface area contributed by atoms with Gasteiger partial charge in [0.2, 0.25) is 0 Å². The van der Waals surface area contributed by atoms with Crippen LogP contribution in [0, 0.1) is 11.8 Å². The van der Waals surface area contributed by atoms with E-state index in [9.17, 15) is 0 Å². The molecule has 0 saturated carbocycles. The molecule has 1 heteroatoms. The van der Waals surface area contributed by atoms with E-state index in [2.05, 4.69) is 27.8 Å². The third kappa shape index (κ3) is 2.48. The Morgan fingerprint density at radius 3 is 2.08 bits per heavy atom. The summed E-state index contributed by atoms with van der Waals surface area (Å²) in [5.74, 6) is 1.87. The molecule has 1 aliphatic rings. The molecule has 1 rings (SSSR count). The Balaban J connectivity index is 2.52. The smallest absolute Gasteiger partial charge is 0.0810 e. The molecule has 1 aliphatic heterocycles. The van der Waals surface area contributed by atoms with Gasteiger partial charge in [-0.3, -0.25) is 0 Å². The number of piperidine rings is 1. The summed E-state index contributed by atoms with van der Waals surface area (Å²) in [6.45, 7) is 11.3. The predicted octanol–water partition coefficient (Wildman–Crippen LogP) is 2.52. The molecule has 2 atom stereocenters. The fourth-order valence-corrected chi connectivity index (χ4v) is 3.14. The van der Waals surface area contributed by atoms with Gasteiger partial charge in [-0.2, -0.15) is 0 Å². The maximum absolute atomic E-state index is 2.43. The van der Waals surface area contributed by atoms with Crippen molar-refractivity contribution in [2.75, 3.05) is 26.7 Å². The van der Waals surface area contributed by atoms with Gasteiger partial charge >= 0.3 is 0 Å².